The highest BCUT2D eigenvalue weighted by Gasteiger charge is 2.50. The van der Waals surface area contributed by atoms with Crippen molar-refractivity contribution in [3.63, 3.8) is 0 Å². The monoisotopic (exact) mass is 368 g/mol. The van der Waals surface area contributed by atoms with Crippen LogP contribution in [0.2, 0.25) is 0 Å². The van der Waals surface area contributed by atoms with Crippen molar-refractivity contribution in [2.24, 2.45) is 5.73 Å². The van der Waals surface area contributed by atoms with Crippen LogP contribution in [-0.2, 0) is 27.4 Å². The van der Waals surface area contributed by atoms with Crippen LogP contribution in [-0.4, -0.2) is 40.2 Å². The third kappa shape index (κ3) is 4.35. The van der Waals surface area contributed by atoms with Crippen LogP contribution in [0.5, 0.6) is 0 Å². The van der Waals surface area contributed by atoms with Gasteiger partial charge in [0.25, 0.3) is 0 Å². The van der Waals surface area contributed by atoms with E-state index in [1.54, 1.807) is 0 Å². The minimum atomic E-state index is -1.96. The summed E-state index contributed by atoms with van der Waals surface area (Å²) < 4.78 is 5.27. The number of benzene rings is 2. The highest BCUT2D eigenvalue weighted by atomic mass is 16.6. The number of likely N-dealkylation sites (tertiary alicyclic amines) is 1. The molecule has 0 spiro atoms. The lowest BCUT2D eigenvalue weighted by atomic mass is 10.0. The first-order valence-corrected chi connectivity index (χ1v) is 9.05. The number of aliphatic hydroxyl groups is 1. The van der Waals surface area contributed by atoms with Crippen LogP contribution in [0.4, 0.5) is 0 Å². The Kier molecular flexibility index (Phi) is 5.88. The summed E-state index contributed by atoms with van der Waals surface area (Å²) >= 11 is 0. The Bertz CT molecular complexity index is 781. The van der Waals surface area contributed by atoms with Gasteiger partial charge in [-0.05, 0) is 24.0 Å². The van der Waals surface area contributed by atoms with Gasteiger partial charge in [-0.15, -0.1) is 0 Å². The molecule has 1 aliphatic heterocycles. The van der Waals surface area contributed by atoms with Crippen molar-refractivity contribution in [3.8, 4) is 0 Å². The van der Waals surface area contributed by atoms with Gasteiger partial charge in [0, 0.05) is 13.0 Å². The third-order valence-electron chi connectivity index (χ3n) is 4.77. The Morgan fingerprint density at radius 1 is 1.07 bits per heavy atom. The highest BCUT2D eigenvalue weighted by Crippen LogP contribution is 2.29. The Hall–Kier alpha value is -2.70. The first-order chi connectivity index (χ1) is 13.0. The predicted molar refractivity (Wildman–Crippen MR) is 100 cm³/mol. The summed E-state index contributed by atoms with van der Waals surface area (Å²) in [4.78, 5) is 26.5. The minimum absolute atomic E-state index is 0.0417. The Morgan fingerprint density at radius 3 is 2.30 bits per heavy atom. The first-order valence-electron chi connectivity index (χ1n) is 9.05. The van der Waals surface area contributed by atoms with Gasteiger partial charge in [0.15, 0.2) is 0 Å². The number of carbonyl (C=O) groups excluding carboxylic acids is 2. The number of rotatable bonds is 6. The number of esters is 1. The van der Waals surface area contributed by atoms with Gasteiger partial charge in [-0.3, -0.25) is 4.79 Å². The second-order valence-electron chi connectivity index (χ2n) is 6.77. The van der Waals surface area contributed by atoms with Crippen LogP contribution in [0.25, 0.3) is 0 Å². The van der Waals surface area contributed by atoms with Gasteiger partial charge in [-0.1, -0.05) is 60.7 Å². The van der Waals surface area contributed by atoms with Gasteiger partial charge >= 0.3 is 5.97 Å². The van der Waals surface area contributed by atoms with E-state index in [9.17, 15) is 14.7 Å². The van der Waals surface area contributed by atoms with Crippen molar-refractivity contribution in [3.05, 3.63) is 71.8 Å². The van der Waals surface area contributed by atoms with Crippen LogP contribution in [0, 0.1) is 0 Å². The molecule has 0 aliphatic carbocycles. The molecule has 0 bridgehead atoms. The largest absolute Gasteiger partial charge is 0.457 e. The molecule has 2 atom stereocenters. The van der Waals surface area contributed by atoms with Crippen molar-refractivity contribution in [1.29, 1.82) is 0 Å². The van der Waals surface area contributed by atoms with E-state index in [4.69, 9.17) is 10.5 Å². The van der Waals surface area contributed by atoms with Gasteiger partial charge in [0.2, 0.25) is 11.6 Å². The average molecular weight is 368 g/mol. The Labute approximate surface area is 158 Å². The summed E-state index contributed by atoms with van der Waals surface area (Å²) in [6.45, 7) is 0.318. The van der Waals surface area contributed by atoms with E-state index < -0.39 is 23.6 Å². The summed E-state index contributed by atoms with van der Waals surface area (Å²) in [7, 11) is 0. The molecule has 1 aliphatic rings. The molecule has 2 aromatic carbocycles. The maximum atomic E-state index is 12.8. The molecule has 142 valence electrons. The molecule has 1 amide bonds. The molecule has 1 fully saturated rings. The van der Waals surface area contributed by atoms with Gasteiger partial charge in [0.05, 0.1) is 6.04 Å². The normalized spacial score (nSPS) is 20.3. The summed E-state index contributed by atoms with van der Waals surface area (Å²) in [5, 5.41) is 10.9. The molecule has 6 nitrogen and oxygen atoms in total. The second kappa shape index (κ2) is 8.33. The lowest BCUT2D eigenvalue weighted by molar-refractivity contribution is -0.189. The van der Waals surface area contributed by atoms with E-state index in [2.05, 4.69) is 0 Å². The second-order valence-corrected chi connectivity index (χ2v) is 6.77. The summed E-state index contributed by atoms with van der Waals surface area (Å²) in [6.07, 6.45) is 0.996. The van der Waals surface area contributed by atoms with Crippen molar-refractivity contribution >= 4 is 11.9 Å². The number of ether oxygens (including phenoxy) is 1. The molecule has 0 saturated carbocycles. The van der Waals surface area contributed by atoms with Gasteiger partial charge in [0.1, 0.15) is 6.61 Å². The number of carbonyl (C=O) groups is 2. The quantitative estimate of drug-likeness (QED) is 0.756. The fraction of sp³-hybridized carbons (Fsp3) is 0.333. The van der Waals surface area contributed by atoms with E-state index in [-0.39, 0.29) is 19.6 Å². The zero-order chi connectivity index (χ0) is 19.3. The molecule has 0 unspecified atom stereocenters. The summed E-state index contributed by atoms with van der Waals surface area (Å²) in [6, 6.07) is 17.8. The predicted octanol–water partition coefficient (Wildman–Crippen LogP) is 1.61. The molecular weight excluding hydrogens is 344 g/mol. The summed E-state index contributed by atoms with van der Waals surface area (Å²) in [5.74, 6) is -1.26. The number of hydrogen-bond acceptors (Lipinski definition) is 5. The molecule has 6 heteroatoms. The van der Waals surface area contributed by atoms with Crippen LogP contribution >= 0.6 is 0 Å². The lowest BCUT2D eigenvalue weighted by Crippen LogP contribution is -2.58. The SMILES string of the molecule is N[C@@H](Cc1ccccc1)C(=O)N1CCC[C@]1(O)C(=O)OCc1ccccc1. The molecule has 0 aromatic heterocycles. The van der Waals surface area contributed by atoms with E-state index in [0.717, 1.165) is 16.0 Å². The molecule has 0 radical (unpaired) electrons. The standard InChI is InChI=1S/C21H24N2O4/c22-18(14-16-8-3-1-4-9-16)19(24)23-13-7-12-21(23,26)20(25)27-15-17-10-5-2-6-11-17/h1-6,8-11,18,26H,7,12-15,22H2/t18-,21-/m0/s1. The van der Waals surface area contributed by atoms with Crippen molar-refractivity contribution in [1.82, 2.24) is 4.90 Å². The third-order valence-corrected chi connectivity index (χ3v) is 4.77. The zero-order valence-corrected chi connectivity index (χ0v) is 15.1. The van der Waals surface area contributed by atoms with Crippen LogP contribution in [0.15, 0.2) is 60.7 Å². The maximum absolute atomic E-state index is 12.8. The number of nitrogens with zero attached hydrogens (tertiary/aromatic N) is 1. The van der Waals surface area contributed by atoms with Crippen molar-refractivity contribution in [2.75, 3.05) is 6.54 Å². The molecule has 27 heavy (non-hydrogen) atoms. The minimum Gasteiger partial charge on any atom is -0.457 e. The number of amides is 1. The highest BCUT2D eigenvalue weighted by molar-refractivity contribution is 5.90. The van der Waals surface area contributed by atoms with E-state index >= 15 is 0 Å². The Morgan fingerprint density at radius 2 is 1.67 bits per heavy atom. The van der Waals surface area contributed by atoms with Crippen LogP contribution < -0.4 is 5.73 Å². The van der Waals surface area contributed by atoms with E-state index in [0.29, 0.717) is 12.8 Å². The van der Waals surface area contributed by atoms with Crippen molar-refractivity contribution < 1.29 is 19.4 Å². The van der Waals surface area contributed by atoms with Gasteiger partial charge in [-0.2, -0.15) is 0 Å². The molecule has 1 heterocycles. The molecular formula is C21H24N2O4. The van der Waals surface area contributed by atoms with E-state index in [1.165, 1.54) is 0 Å². The number of hydrogen-bond donors (Lipinski definition) is 2. The topological polar surface area (TPSA) is 92.9 Å². The van der Waals surface area contributed by atoms with Crippen LogP contribution in [0.3, 0.4) is 0 Å². The van der Waals surface area contributed by atoms with E-state index in [1.807, 2.05) is 60.7 Å². The molecule has 3 N–H and O–H groups in total. The number of nitrogens with two attached hydrogens (primary N) is 1. The smallest absolute Gasteiger partial charge is 0.360 e. The van der Waals surface area contributed by atoms with Crippen molar-refractivity contribution in [2.45, 2.75) is 37.6 Å². The summed E-state index contributed by atoms with van der Waals surface area (Å²) in [5.41, 5.74) is 5.84. The fourth-order valence-electron chi connectivity index (χ4n) is 3.30. The Balaban J connectivity index is 1.65. The molecule has 1 saturated heterocycles. The van der Waals surface area contributed by atoms with Crippen LogP contribution in [0.1, 0.15) is 24.0 Å². The average Bonchev–Trinajstić information content (AvgIpc) is 3.10. The molecule has 3 rings (SSSR count). The lowest BCUT2D eigenvalue weighted by Gasteiger charge is -2.33. The van der Waals surface area contributed by atoms with Gasteiger partial charge < -0.3 is 20.5 Å². The van der Waals surface area contributed by atoms with Gasteiger partial charge in [-0.25, -0.2) is 4.79 Å². The fourth-order valence-corrected chi connectivity index (χ4v) is 3.30. The zero-order valence-electron chi connectivity index (χ0n) is 15.1. The first kappa shape index (κ1) is 19.1. The maximum Gasteiger partial charge on any atom is 0.360 e. The molecule has 2 aromatic rings.